The molecule has 0 heterocycles. The van der Waals surface area contributed by atoms with Crippen LogP contribution in [0.1, 0.15) is 32.4 Å². The molecule has 1 N–H and O–H groups in total. The summed E-state index contributed by atoms with van der Waals surface area (Å²) in [5, 5.41) is 1.63. The number of ether oxygens (including phenoxy) is 2. The molecular weight excluding hydrogens is 315 g/mol. The summed E-state index contributed by atoms with van der Waals surface area (Å²) in [5.74, 6) is -3.09. The fourth-order valence-electron chi connectivity index (χ4n) is 1.74. The number of para-hydroxylation sites is 1. The third-order valence-electron chi connectivity index (χ3n) is 2.62. The Labute approximate surface area is 131 Å². The third-order valence-corrected chi connectivity index (χ3v) is 2.62. The van der Waals surface area contributed by atoms with Crippen molar-refractivity contribution in [2.75, 3.05) is 7.11 Å². The van der Waals surface area contributed by atoms with Crippen molar-refractivity contribution < 1.29 is 32.2 Å². The minimum absolute atomic E-state index is 0.0758. The lowest BCUT2D eigenvalue weighted by Gasteiger charge is -2.26. The summed E-state index contributed by atoms with van der Waals surface area (Å²) in [6.45, 7) is 5.22. The standard InChI is InChI=1S/C15H18F3NO4/c1-14(2,3)23-10-8-6-5-7-9(10)11(12(20)22-4)19-13(21)15(16,17)18/h5-8,11H,1-4H3,(H,19,21). The largest absolute Gasteiger partial charge is 0.488 e. The SMILES string of the molecule is COC(=O)C(NC(=O)C(F)(F)F)c1ccccc1OC(C)(C)C. The van der Waals surface area contributed by atoms with Crippen LogP contribution in [0.25, 0.3) is 0 Å². The van der Waals surface area contributed by atoms with Crippen LogP contribution in [0.3, 0.4) is 0 Å². The predicted molar refractivity (Wildman–Crippen MR) is 75.8 cm³/mol. The van der Waals surface area contributed by atoms with Gasteiger partial charge in [0.15, 0.2) is 6.04 Å². The molecule has 0 saturated heterocycles. The maximum absolute atomic E-state index is 12.5. The molecule has 0 aliphatic heterocycles. The van der Waals surface area contributed by atoms with Crippen molar-refractivity contribution in [2.24, 2.45) is 0 Å². The number of methoxy groups -OCH3 is 1. The van der Waals surface area contributed by atoms with Gasteiger partial charge >= 0.3 is 18.1 Å². The van der Waals surface area contributed by atoms with Gasteiger partial charge in [-0.15, -0.1) is 0 Å². The van der Waals surface area contributed by atoms with Crippen LogP contribution < -0.4 is 10.1 Å². The Morgan fingerprint density at radius 2 is 1.70 bits per heavy atom. The average Bonchev–Trinajstić information content (AvgIpc) is 2.42. The van der Waals surface area contributed by atoms with E-state index in [0.29, 0.717) is 0 Å². The van der Waals surface area contributed by atoms with Gasteiger partial charge in [-0.25, -0.2) is 4.79 Å². The summed E-state index contributed by atoms with van der Waals surface area (Å²) < 4.78 is 47.5. The number of rotatable bonds is 4. The number of carbonyl (C=O) groups is 2. The van der Waals surface area contributed by atoms with Crippen LogP contribution in [0.4, 0.5) is 13.2 Å². The molecular formula is C15H18F3NO4. The summed E-state index contributed by atoms with van der Waals surface area (Å²) >= 11 is 0. The predicted octanol–water partition coefficient (Wildman–Crippen LogP) is 2.76. The van der Waals surface area contributed by atoms with Gasteiger partial charge in [0, 0.05) is 5.56 Å². The first kappa shape index (κ1) is 18.8. The van der Waals surface area contributed by atoms with Gasteiger partial charge in [0.25, 0.3) is 0 Å². The molecule has 128 valence electrons. The average molecular weight is 333 g/mol. The van der Waals surface area contributed by atoms with Crippen molar-refractivity contribution in [3.63, 3.8) is 0 Å². The normalized spacial score (nSPS) is 13.2. The molecule has 0 saturated carbocycles. The van der Waals surface area contributed by atoms with Crippen molar-refractivity contribution in [3.8, 4) is 5.75 Å². The quantitative estimate of drug-likeness (QED) is 0.861. The minimum atomic E-state index is -5.12. The molecule has 0 radical (unpaired) electrons. The highest BCUT2D eigenvalue weighted by atomic mass is 19.4. The van der Waals surface area contributed by atoms with E-state index in [4.69, 9.17) is 4.74 Å². The number of amides is 1. The molecule has 1 aromatic carbocycles. The highest BCUT2D eigenvalue weighted by Gasteiger charge is 2.42. The van der Waals surface area contributed by atoms with Crippen LogP contribution in [0, 0.1) is 0 Å². The fraction of sp³-hybridized carbons (Fsp3) is 0.467. The zero-order valence-corrected chi connectivity index (χ0v) is 13.2. The number of esters is 1. The van der Waals surface area contributed by atoms with Crippen LogP contribution >= 0.6 is 0 Å². The second-order valence-corrected chi connectivity index (χ2v) is 5.68. The first-order chi connectivity index (χ1) is 10.5. The van der Waals surface area contributed by atoms with E-state index in [-0.39, 0.29) is 11.3 Å². The summed E-state index contributed by atoms with van der Waals surface area (Å²) in [5.41, 5.74) is -0.572. The van der Waals surface area contributed by atoms with Gasteiger partial charge in [0.1, 0.15) is 11.4 Å². The van der Waals surface area contributed by atoms with E-state index in [1.54, 1.807) is 32.2 Å². The van der Waals surface area contributed by atoms with Gasteiger partial charge in [-0.05, 0) is 26.8 Å². The van der Waals surface area contributed by atoms with Gasteiger partial charge < -0.3 is 14.8 Å². The van der Waals surface area contributed by atoms with Crippen molar-refractivity contribution in [2.45, 2.75) is 38.6 Å². The Morgan fingerprint density at radius 1 is 1.13 bits per heavy atom. The third kappa shape index (κ3) is 5.46. The van der Waals surface area contributed by atoms with E-state index < -0.39 is 29.7 Å². The molecule has 1 rings (SSSR count). The molecule has 1 atom stereocenters. The van der Waals surface area contributed by atoms with Crippen LogP contribution in [0.2, 0.25) is 0 Å². The zero-order chi connectivity index (χ0) is 17.8. The Bertz CT molecular complexity index is 579. The Kier molecular flexibility index (Phi) is 5.63. The molecule has 8 heteroatoms. The summed E-state index contributed by atoms with van der Waals surface area (Å²) in [7, 11) is 1.02. The van der Waals surface area contributed by atoms with E-state index in [2.05, 4.69) is 4.74 Å². The molecule has 1 aromatic rings. The molecule has 0 fully saturated rings. The lowest BCUT2D eigenvalue weighted by Crippen LogP contribution is -2.42. The molecule has 1 unspecified atom stereocenters. The van der Waals surface area contributed by atoms with Crippen molar-refractivity contribution in [1.82, 2.24) is 5.32 Å². The van der Waals surface area contributed by atoms with Crippen molar-refractivity contribution in [1.29, 1.82) is 0 Å². The maximum atomic E-state index is 12.5. The van der Waals surface area contributed by atoms with E-state index >= 15 is 0 Å². The molecule has 0 aliphatic carbocycles. The second-order valence-electron chi connectivity index (χ2n) is 5.68. The van der Waals surface area contributed by atoms with Gasteiger partial charge in [-0.3, -0.25) is 4.79 Å². The van der Waals surface area contributed by atoms with Crippen LogP contribution in [-0.4, -0.2) is 30.8 Å². The molecule has 5 nitrogen and oxygen atoms in total. The summed E-state index contributed by atoms with van der Waals surface area (Å²) in [4.78, 5) is 23.0. The van der Waals surface area contributed by atoms with Gasteiger partial charge in [-0.1, -0.05) is 18.2 Å². The van der Waals surface area contributed by atoms with E-state index in [1.807, 2.05) is 0 Å². The number of benzene rings is 1. The fourth-order valence-corrected chi connectivity index (χ4v) is 1.74. The molecule has 0 aliphatic rings. The lowest BCUT2D eigenvalue weighted by molar-refractivity contribution is -0.175. The summed E-state index contributed by atoms with van der Waals surface area (Å²) in [6, 6.07) is 4.37. The van der Waals surface area contributed by atoms with Crippen LogP contribution in [-0.2, 0) is 14.3 Å². The van der Waals surface area contributed by atoms with Gasteiger partial charge in [0.2, 0.25) is 0 Å². The Morgan fingerprint density at radius 3 is 2.17 bits per heavy atom. The Hall–Kier alpha value is -2.25. The second kappa shape index (κ2) is 6.89. The van der Waals surface area contributed by atoms with Crippen molar-refractivity contribution in [3.05, 3.63) is 29.8 Å². The highest BCUT2D eigenvalue weighted by molar-refractivity contribution is 5.88. The highest BCUT2D eigenvalue weighted by Crippen LogP contribution is 2.30. The Balaban J connectivity index is 3.23. The molecule has 23 heavy (non-hydrogen) atoms. The smallest absolute Gasteiger partial charge is 0.471 e. The van der Waals surface area contributed by atoms with Crippen LogP contribution in [0.15, 0.2) is 24.3 Å². The topological polar surface area (TPSA) is 64.6 Å². The van der Waals surface area contributed by atoms with E-state index in [9.17, 15) is 22.8 Å². The number of nitrogens with one attached hydrogen (secondary N) is 1. The molecule has 0 spiro atoms. The zero-order valence-electron chi connectivity index (χ0n) is 13.2. The van der Waals surface area contributed by atoms with E-state index in [1.165, 1.54) is 18.2 Å². The van der Waals surface area contributed by atoms with E-state index in [0.717, 1.165) is 7.11 Å². The summed E-state index contributed by atoms with van der Waals surface area (Å²) in [6.07, 6.45) is -5.12. The first-order valence-electron chi connectivity index (χ1n) is 6.69. The maximum Gasteiger partial charge on any atom is 0.471 e. The lowest BCUT2D eigenvalue weighted by atomic mass is 10.0. The van der Waals surface area contributed by atoms with Crippen LogP contribution in [0.5, 0.6) is 5.75 Å². The molecule has 0 bridgehead atoms. The molecule has 1 amide bonds. The molecule has 0 aromatic heterocycles. The number of alkyl halides is 3. The minimum Gasteiger partial charge on any atom is -0.488 e. The number of hydrogen-bond acceptors (Lipinski definition) is 4. The number of carbonyl (C=O) groups excluding carboxylic acids is 2. The van der Waals surface area contributed by atoms with Crippen molar-refractivity contribution >= 4 is 11.9 Å². The van der Waals surface area contributed by atoms with Gasteiger partial charge in [0.05, 0.1) is 7.11 Å². The monoisotopic (exact) mass is 333 g/mol. The number of hydrogen-bond donors (Lipinski definition) is 1. The number of halogens is 3. The van der Waals surface area contributed by atoms with Gasteiger partial charge in [-0.2, -0.15) is 13.2 Å². The first-order valence-corrected chi connectivity index (χ1v) is 6.69.